The van der Waals surface area contributed by atoms with Crippen molar-refractivity contribution in [3.05, 3.63) is 121 Å². The molecule has 0 N–H and O–H groups in total. The molecule has 1 heterocycles. The van der Waals surface area contributed by atoms with E-state index in [2.05, 4.69) is 13.2 Å². The van der Waals surface area contributed by atoms with Gasteiger partial charge in [0.2, 0.25) is 0 Å². The smallest absolute Gasteiger partial charge is 0.164 e. The summed E-state index contributed by atoms with van der Waals surface area (Å²) in [6, 6.07) is 25.5. The summed E-state index contributed by atoms with van der Waals surface area (Å²) in [6.45, 7) is 7.64. The molecule has 0 radical (unpaired) electrons. The molecular weight excluding hydrogens is 402 g/mol. The molecule has 0 spiro atoms. The van der Waals surface area contributed by atoms with Gasteiger partial charge in [0.25, 0.3) is 0 Å². The first-order valence-electron chi connectivity index (χ1n) is 9.81. The standard InChI is InChI=1S/C27H20ClN3/c1-3-9-19(4-2)20-14-16-22(17-15-20)26-29-25(21-10-6-5-7-11-21)30-27(31-26)23-12-8-13-24(28)18-23/h3-18H,1-2H2/b19-9+. The largest absolute Gasteiger partial charge is 0.208 e. The van der Waals surface area contributed by atoms with E-state index in [4.69, 9.17) is 26.6 Å². The van der Waals surface area contributed by atoms with Crippen LogP contribution in [0.25, 0.3) is 39.7 Å². The van der Waals surface area contributed by atoms with E-state index >= 15 is 0 Å². The quantitative estimate of drug-likeness (QED) is 0.307. The molecule has 0 bridgehead atoms. The Balaban J connectivity index is 1.83. The molecule has 0 saturated carbocycles. The number of halogens is 1. The fourth-order valence-corrected chi connectivity index (χ4v) is 3.39. The molecule has 3 nitrogen and oxygen atoms in total. The average molecular weight is 422 g/mol. The van der Waals surface area contributed by atoms with Crippen molar-refractivity contribution in [3.63, 3.8) is 0 Å². The van der Waals surface area contributed by atoms with Crippen LogP contribution in [0, 0.1) is 0 Å². The highest BCUT2D eigenvalue weighted by atomic mass is 35.5. The lowest BCUT2D eigenvalue weighted by atomic mass is 10.0. The Bertz CT molecular complexity index is 1260. The maximum atomic E-state index is 6.20. The van der Waals surface area contributed by atoms with Crippen molar-refractivity contribution in [1.29, 1.82) is 0 Å². The van der Waals surface area contributed by atoms with E-state index < -0.39 is 0 Å². The monoisotopic (exact) mass is 421 g/mol. The van der Waals surface area contributed by atoms with Crippen molar-refractivity contribution in [2.45, 2.75) is 0 Å². The molecule has 0 amide bonds. The molecule has 0 atom stereocenters. The molecule has 0 saturated heterocycles. The second-order valence-corrected chi connectivity index (χ2v) is 7.26. The molecule has 4 heteroatoms. The molecule has 4 rings (SSSR count). The summed E-state index contributed by atoms with van der Waals surface area (Å²) in [5.74, 6) is 1.79. The predicted octanol–water partition coefficient (Wildman–Crippen LogP) is 7.28. The summed E-state index contributed by atoms with van der Waals surface area (Å²) in [5, 5.41) is 0.635. The second-order valence-electron chi connectivity index (χ2n) is 6.82. The molecular formula is C27H20ClN3. The maximum absolute atomic E-state index is 6.20. The number of hydrogen-bond donors (Lipinski definition) is 0. The molecule has 0 aliphatic carbocycles. The zero-order valence-electron chi connectivity index (χ0n) is 16.9. The van der Waals surface area contributed by atoms with Crippen LogP contribution in [0.2, 0.25) is 5.02 Å². The summed E-state index contributed by atoms with van der Waals surface area (Å²) in [6.07, 6.45) is 5.49. The zero-order valence-corrected chi connectivity index (χ0v) is 17.6. The third kappa shape index (κ3) is 4.68. The molecule has 0 fully saturated rings. The van der Waals surface area contributed by atoms with Gasteiger partial charge in [-0.05, 0) is 23.3 Å². The minimum absolute atomic E-state index is 0.578. The van der Waals surface area contributed by atoms with E-state index in [-0.39, 0.29) is 0 Å². The lowest BCUT2D eigenvalue weighted by molar-refractivity contribution is 1.07. The lowest BCUT2D eigenvalue weighted by Crippen LogP contribution is -2.00. The molecule has 150 valence electrons. The molecule has 4 aromatic rings. The summed E-state index contributed by atoms with van der Waals surface area (Å²) in [7, 11) is 0. The summed E-state index contributed by atoms with van der Waals surface area (Å²) >= 11 is 6.20. The van der Waals surface area contributed by atoms with Gasteiger partial charge in [0.15, 0.2) is 17.5 Å². The highest BCUT2D eigenvalue weighted by Crippen LogP contribution is 2.27. The Hall–Kier alpha value is -3.82. The van der Waals surface area contributed by atoms with Crippen molar-refractivity contribution in [2.24, 2.45) is 0 Å². The Kier molecular flexibility index (Phi) is 6.16. The molecule has 0 aliphatic heterocycles. The van der Waals surface area contributed by atoms with Gasteiger partial charge in [-0.1, -0.05) is 110 Å². The van der Waals surface area contributed by atoms with E-state index in [1.54, 1.807) is 6.08 Å². The van der Waals surface area contributed by atoms with Crippen LogP contribution in [0.15, 0.2) is 110 Å². The summed E-state index contributed by atoms with van der Waals surface area (Å²) in [5.41, 5.74) is 4.71. The van der Waals surface area contributed by atoms with E-state index in [1.807, 2.05) is 91.0 Å². The van der Waals surface area contributed by atoms with Gasteiger partial charge in [0, 0.05) is 21.7 Å². The normalized spacial score (nSPS) is 11.2. The van der Waals surface area contributed by atoms with Crippen LogP contribution in [-0.2, 0) is 0 Å². The van der Waals surface area contributed by atoms with Gasteiger partial charge >= 0.3 is 0 Å². The van der Waals surface area contributed by atoms with Gasteiger partial charge in [0.05, 0.1) is 0 Å². The first-order chi connectivity index (χ1) is 15.2. The van der Waals surface area contributed by atoms with Crippen molar-refractivity contribution >= 4 is 17.2 Å². The van der Waals surface area contributed by atoms with Crippen molar-refractivity contribution < 1.29 is 0 Å². The van der Waals surface area contributed by atoms with E-state index in [1.165, 1.54) is 0 Å². The van der Waals surface area contributed by atoms with Gasteiger partial charge < -0.3 is 0 Å². The fraction of sp³-hybridized carbons (Fsp3) is 0. The van der Waals surface area contributed by atoms with Crippen LogP contribution in [0.5, 0.6) is 0 Å². The number of nitrogens with zero attached hydrogens (tertiary/aromatic N) is 3. The first-order valence-corrected chi connectivity index (χ1v) is 10.2. The number of hydrogen-bond acceptors (Lipinski definition) is 3. The first kappa shape index (κ1) is 20.5. The van der Waals surface area contributed by atoms with Crippen molar-refractivity contribution in [3.8, 4) is 34.2 Å². The summed E-state index contributed by atoms with van der Waals surface area (Å²) in [4.78, 5) is 14.2. The Morgan fingerprint density at radius 1 is 0.677 bits per heavy atom. The highest BCUT2D eigenvalue weighted by Gasteiger charge is 2.12. The maximum Gasteiger partial charge on any atom is 0.164 e. The van der Waals surface area contributed by atoms with Crippen LogP contribution in [-0.4, -0.2) is 15.0 Å². The number of rotatable bonds is 6. The fourth-order valence-electron chi connectivity index (χ4n) is 3.20. The van der Waals surface area contributed by atoms with E-state index in [0.717, 1.165) is 27.8 Å². The molecule has 0 aliphatic rings. The lowest BCUT2D eigenvalue weighted by Gasteiger charge is -2.09. The Morgan fingerprint density at radius 2 is 1.26 bits per heavy atom. The third-order valence-electron chi connectivity index (χ3n) is 4.74. The minimum atomic E-state index is 0.578. The third-order valence-corrected chi connectivity index (χ3v) is 4.98. The Labute approximate surface area is 187 Å². The Morgan fingerprint density at radius 3 is 1.84 bits per heavy atom. The van der Waals surface area contributed by atoms with E-state index in [9.17, 15) is 0 Å². The average Bonchev–Trinajstić information content (AvgIpc) is 2.83. The highest BCUT2D eigenvalue weighted by molar-refractivity contribution is 6.30. The summed E-state index contributed by atoms with van der Waals surface area (Å²) < 4.78 is 0. The SMILES string of the molecule is C=C/C=C(\C=C)c1ccc(-c2nc(-c3ccccc3)nc(-c3cccc(Cl)c3)n2)cc1. The number of benzene rings is 3. The van der Waals surface area contributed by atoms with Crippen LogP contribution in [0.1, 0.15) is 5.56 Å². The molecule has 31 heavy (non-hydrogen) atoms. The van der Waals surface area contributed by atoms with Crippen molar-refractivity contribution in [1.82, 2.24) is 15.0 Å². The van der Waals surface area contributed by atoms with Crippen LogP contribution in [0.4, 0.5) is 0 Å². The van der Waals surface area contributed by atoms with Gasteiger partial charge in [0.1, 0.15) is 0 Å². The minimum Gasteiger partial charge on any atom is -0.208 e. The predicted molar refractivity (Wildman–Crippen MR) is 130 cm³/mol. The van der Waals surface area contributed by atoms with Crippen molar-refractivity contribution in [2.75, 3.05) is 0 Å². The molecule has 1 aromatic heterocycles. The van der Waals surface area contributed by atoms with Crippen LogP contribution in [0.3, 0.4) is 0 Å². The molecule has 3 aromatic carbocycles. The van der Waals surface area contributed by atoms with Gasteiger partial charge in [-0.15, -0.1) is 0 Å². The van der Waals surface area contributed by atoms with Gasteiger partial charge in [-0.25, -0.2) is 15.0 Å². The second kappa shape index (κ2) is 9.33. The number of allylic oxidation sites excluding steroid dienone is 4. The van der Waals surface area contributed by atoms with Crippen LogP contribution < -0.4 is 0 Å². The zero-order chi connectivity index (χ0) is 21.6. The number of aromatic nitrogens is 3. The van der Waals surface area contributed by atoms with Gasteiger partial charge in [-0.3, -0.25) is 0 Å². The molecule has 0 unspecified atom stereocenters. The van der Waals surface area contributed by atoms with Gasteiger partial charge in [-0.2, -0.15) is 0 Å². The van der Waals surface area contributed by atoms with Crippen LogP contribution >= 0.6 is 11.6 Å². The topological polar surface area (TPSA) is 38.7 Å². The van der Waals surface area contributed by atoms with E-state index in [0.29, 0.717) is 22.5 Å².